The summed E-state index contributed by atoms with van der Waals surface area (Å²) in [6.07, 6.45) is 1.97. The molecular formula is C15H16ClN3O2. The number of nitrogens with one attached hydrogen (secondary N) is 2. The number of hydrogen-bond acceptors (Lipinski definition) is 3. The molecule has 3 N–H and O–H groups in total. The van der Waals surface area contributed by atoms with Crippen LogP contribution in [0, 0.1) is 0 Å². The second-order valence-electron chi connectivity index (χ2n) is 4.42. The van der Waals surface area contributed by atoms with Crippen LogP contribution in [0.2, 0.25) is 5.15 Å². The summed E-state index contributed by atoms with van der Waals surface area (Å²) in [5, 5.41) is 14.8. The summed E-state index contributed by atoms with van der Waals surface area (Å²) in [5.41, 5.74) is 1.37. The standard InChI is InChI=1S/C15H16ClN3O2/c16-14-13(7-4-9-17-14)19-15(21)18-12(8-10-20)11-5-2-1-3-6-11/h1-7,9,12,20H,8,10H2,(H2,18,19,21)/t12-/m1/s1. The van der Waals surface area contributed by atoms with E-state index >= 15 is 0 Å². The summed E-state index contributed by atoms with van der Waals surface area (Å²) in [7, 11) is 0. The van der Waals surface area contributed by atoms with Crippen LogP contribution in [0.15, 0.2) is 48.7 Å². The summed E-state index contributed by atoms with van der Waals surface area (Å²) in [6, 6.07) is 12.2. The van der Waals surface area contributed by atoms with E-state index in [4.69, 9.17) is 16.7 Å². The maximum absolute atomic E-state index is 12.0. The Labute approximate surface area is 128 Å². The normalized spacial score (nSPS) is 11.7. The van der Waals surface area contributed by atoms with Gasteiger partial charge in [-0.15, -0.1) is 0 Å². The van der Waals surface area contributed by atoms with Crippen LogP contribution < -0.4 is 10.6 Å². The molecule has 2 amide bonds. The van der Waals surface area contributed by atoms with Crippen LogP contribution in [0.4, 0.5) is 10.5 Å². The molecule has 0 bridgehead atoms. The van der Waals surface area contributed by atoms with Gasteiger partial charge in [-0.1, -0.05) is 41.9 Å². The van der Waals surface area contributed by atoms with Crippen molar-refractivity contribution in [3.8, 4) is 0 Å². The summed E-state index contributed by atoms with van der Waals surface area (Å²) >= 11 is 5.89. The zero-order chi connectivity index (χ0) is 15.1. The van der Waals surface area contributed by atoms with Crippen molar-refractivity contribution in [1.29, 1.82) is 0 Å². The predicted octanol–water partition coefficient (Wildman–Crippen LogP) is 2.98. The molecule has 1 aromatic carbocycles. The van der Waals surface area contributed by atoms with Gasteiger partial charge in [-0.3, -0.25) is 0 Å². The van der Waals surface area contributed by atoms with Crippen LogP contribution in [0.3, 0.4) is 0 Å². The Bertz CT molecular complexity index is 592. The monoisotopic (exact) mass is 305 g/mol. The molecule has 0 saturated carbocycles. The summed E-state index contributed by atoms with van der Waals surface area (Å²) in [5.74, 6) is 0. The highest BCUT2D eigenvalue weighted by Gasteiger charge is 2.14. The number of halogens is 1. The summed E-state index contributed by atoms with van der Waals surface area (Å²) in [6.45, 7) is -0.0203. The first-order chi connectivity index (χ1) is 10.2. The van der Waals surface area contributed by atoms with Crippen molar-refractivity contribution < 1.29 is 9.90 Å². The number of rotatable bonds is 5. The second kappa shape index (κ2) is 7.61. The van der Waals surface area contributed by atoms with Gasteiger partial charge in [0.1, 0.15) is 0 Å². The molecule has 5 nitrogen and oxygen atoms in total. The van der Waals surface area contributed by atoms with Crippen molar-refractivity contribution in [2.24, 2.45) is 0 Å². The van der Waals surface area contributed by atoms with E-state index < -0.39 is 6.03 Å². The Kier molecular flexibility index (Phi) is 5.54. The molecule has 2 aromatic rings. The third-order valence-corrected chi connectivity index (χ3v) is 3.23. The first-order valence-electron chi connectivity index (χ1n) is 6.54. The minimum Gasteiger partial charge on any atom is -0.396 e. The number of amides is 2. The van der Waals surface area contributed by atoms with Gasteiger partial charge in [0.15, 0.2) is 5.15 Å². The highest BCUT2D eigenvalue weighted by molar-refractivity contribution is 6.32. The predicted molar refractivity (Wildman–Crippen MR) is 82.3 cm³/mol. The molecule has 0 radical (unpaired) electrons. The molecule has 0 unspecified atom stereocenters. The van der Waals surface area contributed by atoms with Gasteiger partial charge in [-0.05, 0) is 24.1 Å². The van der Waals surface area contributed by atoms with Gasteiger partial charge in [0.25, 0.3) is 0 Å². The average Bonchev–Trinajstić information content (AvgIpc) is 2.50. The second-order valence-corrected chi connectivity index (χ2v) is 4.77. The van der Waals surface area contributed by atoms with E-state index in [1.54, 1.807) is 18.3 Å². The fourth-order valence-corrected chi connectivity index (χ4v) is 2.10. The molecule has 0 fully saturated rings. The lowest BCUT2D eigenvalue weighted by Gasteiger charge is -2.18. The largest absolute Gasteiger partial charge is 0.396 e. The smallest absolute Gasteiger partial charge is 0.319 e. The number of aromatic nitrogens is 1. The Hall–Kier alpha value is -2.11. The van der Waals surface area contributed by atoms with Crippen molar-refractivity contribution >= 4 is 23.3 Å². The average molecular weight is 306 g/mol. The van der Waals surface area contributed by atoms with E-state index in [-0.39, 0.29) is 17.8 Å². The van der Waals surface area contributed by atoms with E-state index in [2.05, 4.69) is 15.6 Å². The maximum Gasteiger partial charge on any atom is 0.319 e. The molecule has 110 valence electrons. The van der Waals surface area contributed by atoms with Gasteiger partial charge < -0.3 is 15.7 Å². The number of nitrogens with zero attached hydrogens (tertiary/aromatic N) is 1. The Morgan fingerprint density at radius 1 is 1.24 bits per heavy atom. The summed E-state index contributed by atoms with van der Waals surface area (Å²) < 4.78 is 0. The van der Waals surface area contributed by atoms with Gasteiger partial charge >= 0.3 is 6.03 Å². The van der Waals surface area contributed by atoms with Gasteiger partial charge in [-0.25, -0.2) is 9.78 Å². The van der Waals surface area contributed by atoms with Crippen molar-refractivity contribution in [3.63, 3.8) is 0 Å². The summed E-state index contributed by atoms with van der Waals surface area (Å²) in [4.78, 5) is 15.9. The van der Waals surface area contributed by atoms with Crippen LogP contribution in [0.1, 0.15) is 18.0 Å². The minimum absolute atomic E-state index is 0.0203. The molecule has 0 saturated heterocycles. The number of hydrogen-bond donors (Lipinski definition) is 3. The van der Waals surface area contributed by atoms with Gasteiger partial charge in [0.2, 0.25) is 0 Å². The highest BCUT2D eigenvalue weighted by atomic mass is 35.5. The lowest BCUT2D eigenvalue weighted by Crippen LogP contribution is -2.33. The zero-order valence-corrected chi connectivity index (χ0v) is 12.0. The van der Waals surface area contributed by atoms with Crippen molar-refractivity contribution in [2.45, 2.75) is 12.5 Å². The van der Waals surface area contributed by atoms with E-state index in [0.29, 0.717) is 12.1 Å². The zero-order valence-electron chi connectivity index (χ0n) is 11.3. The van der Waals surface area contributed by atoms with Crippen LogP contribution >= 0.6 is 11.6 Å². The molecule has 0 aliphatic rings. The molecular weight excluding hydrogens is 290 g/mol. The SMILES string of the molecule is O=C(Nc1cccnc1Cl)N[C@H](CCO)c1ccccc1. The maximum atomic E-state index is 12.0. The van der Waals surface area contributed by atoms with E-state index in [9.17, 15) is 4.79 Å². The van der Waals surface area contributed by atoms with E-state index in [1.807, 2.05) is 30.3 Å². The van der Waals surface area contributed by atoms with Crippen LogP contribution in [-0.4, -0.2) is 22.7 Å². The molecule has 0 aliphatic heterocycles. The Balaban J connectivity index is 2.04. The number of carbonyl (C=O) groups is 1. The number of carbonyl (C=O) groups excluding carboxylic acids is 1. The molecule has 1 atom stereocenters. The molecule has 6 heteroatoms. The minimum atomic E-state index is -0.396. The number of anilines is 1. The molecule has 1 heterocycles. The molecule has 2 rings (SSSR count). The molecule has 0 spiro atoms. The third-order valence-electron chi connectivity index (χ3n) is 2.93. The van der Waals surface area contributed by atoms with Crippen LogP contribution in [0.5, 0.6) is 0 Å². The fraction of sp³-hybridized carbons (Fsp3) is 0.200. The quantitative estimate of drug-likeness (QED) is 0.743. The number of aliphatic hydroxyl groups excluding tert-OH is 1. The highest BCUT2D eigenvalue weighted by Crippen LogP contribution is 2.19. The van der Waals surface area contributed by atoms with Gasteiger partial charge in [0, 0.05) is 12.8 Å². The number of pyridine rings is 1. The third kappa shape index (κ3) is 4.44. The fourth-order valence-electron chi connectivity index (χ4n) is 1.93. The van der Waals surface area contributed by atoms with E-state index in [1.165, 1.54) is 0 Å². The molecule has 21 heavy (non-hydrogen) atoms. The van der Waals surface area contributed by atoms with E-state index in [0.717, 1.165) is 5.56 Å². The number of urea groups is 1. The first-order valence-corrected chi connectivity index (χ1v) is 6.92. The van der Waals surface area contributed by atoms with Gasteiger partial charge in [0.05, 0.1) is 11.7 Å². The first kappa shape index (κ1) is 15.3. The van der Waals surface area contributed by atoms with Crippen molar-refractivity contribution in [2.75, 3.05) is 11.9 Å². The number of benzene rings is 1. The molecule has 0 aliphatic carbocycles. The topological polar surface area (TPSA) is 74.2 Å². The van der Waals surface area contributed by atoms with Crippen molar-refractivity contribution in [3.05, 3.63) is 59.4 Å². The molecule has 1 aromatic heterocycles. The Morgan fingerprint density at radius 3 is 2.67 bits per heavy atom. The van der Waals surface area contributed by atoms with Gasteiger partial charge in [-0.2, -0.15) is 0 Å². The lowest BCUT2D eigenvalue weighted by molar-refractivity contribution is 0.239. The number of aliphatic hydroxyl groups is 1. The lowest BCUT2D eigenvalue weighted by atomic mass is 10.0. The Morgan fingerprint density at radius 2 is 2.00 bits per heavy atom. The van der Waals surface area contributed by atoms with Crippen LogP contribution in [0.25, 0.3) is 0 Å². The van der Waals surface area contributed by atoms with Crippen molar-refractivity contribution in [1.82, 2.24) is 10.3 Å². The van der Waals surface area contributed by atoms with Crippen LogP contribution in [-0.2, 0) is 0 Å².